The van der Waals surface area contributed by atoms with Crippen molar-refractivity contribution >= 4 is 17.8 Å². The molecule has 2 amide bonds. The van der Waals surface area contributed by atoms with Crippen LogP contribution in [0.2, 0.25) is 0 Å². The standard InChI is InChI=1S/C19H27FN2O4/c1-4-22(5-2)18(24)8-6-7-17(23)21-16(13-19(25)26-3)14-9-11-15(20)12-10-14/h9-12,16H,4-8,13H2,1-3H3,(H,21,23). The van der Waals surface area contributed by atoms with Gasteiger partial charge in [-0.15, -0.1) is 0 Å². The second-order valence-corrected chi connectivity index (χ2v) is 5.87. The summed E-state index contributed by atoms with van der Waals surface area (Å²) in [4.78, 5) is 37.4. The highest BCUT2D eigenvalue weighted by atomic mass is 19.1. The number of nitrogens with zero attached hydrogens (tertiary/aromatic N) is 1. The van der Waals surface area contributed by atoms with E-state index in [-0.39, 0.29) is 24.7 Å². The lowest BCUT2D eigenvalue weighted by Gasteiger charge is -2.19. The molecule has 0 saturated heterocycles. The van der Waals surface area contributed by atoms with Gasteiger partial charge in [-0.1, -0.05) is 12.1 Å². The summed E-state index contributed by atoms with van der Waals surface area (Å²) in [5, 5.41) is 2.76. The van der Waals surface area contributed by atoms with Crippen LogP contribution in [-0.4, -0.2) is 42.9 Å². The van der Waals surface area contributed by atoms with Crippen LogP contribution in [-0.2, 0) is 19.1 Å². The molecule has 0 aromatic heterocycles. The van der Waals surface area contributed by atoms with E-state index in [0.717, 1.165) is 0 Å². The minimum absolute atomic E-state index is 0.0208. The zero-order valence-corrected chi connectivity index (χ0v) is 15.6. The maximum absolute atomic E-state index is 13.1. The Hall–Kier alpha value is -2.44. The lowest BCUT2D eigenvalue weighted by Crippen LogP contribution is -2.32. The molecule has 0 aliphatic heterocycles. The van der Waals surface area contributed by atoms with Gasteiger partial charge in [-0.25, -0.2) is 4.39 Å². The molecule has 0 saturated carbocycles. The number of esters is 1. The fraction of sp³-hybridized carbons (Fsp3) is 0.526. The van der Waals surface area contributed by atoms with E-state index in [9.17, 15) is 18.8 Å². The molecule has 0 spiro atoms. The Labute approximate surface area is 153 Å². The number of hydrogen-bond donors (Lipinski definition) is 1. The number of nitrogens with one attached hydrogen (secondary N) is 1. The van der Waals surface area contributed by atoms with Crippen LogP contribution in [0.5, 0.6) is 0 Å². The predicted molar refractivity (Wildman–Crippen MR) is 95.7 cm³/mol. The highest BCUT2D eigenvalue weighted by molar-refractivity contribution is 5.80. The number of ether oxygens (including phenoxy) is 1. The Balaban J connectivity index is 2.61. The SMILES string of the molecule is CCN(CC)C(=O)CCCC(=O)NC(CC(=O)OC)c1ccc(F)cc1. The van der Waals surface area contributed by atoms with Gasteiger partial charge in [0, 0.05) is 25.9 Å². The molecule has 1 rings (SSSR count). The van der Waals surface area contributed by atoms with E-state index in [4.69, 9.17) is 0 Å². The number of carbonyl (C=O) groups is 3. The van der Waals surface area contributed by atoms with Crippen molar-refractivity contribution in [3.05, 3.63) is 35.6 Å². The van der Waals surface area contributed by atoms with E-state index >= 15 is 0 Å². The van der Waals surface area contributed by atoms with Gasteiger partial charge >= 0.3 is 5.97 Å². The fourth-order valence-electron chi connectivity index (χ4n) is 2.60. The normalized spacial score (nSPS) is 11.5. The average Bonchev–Trinajstić information content (AvgIpc) is 2.62. The van der Waals surface area contributed by atoms with Crippen LogP contribution in [0.4, 0.5) is 4.39 Å². The van der Waals surface area contributed by atoms with E-state index in [0.29, 0.717) is 31.5 Å². The Morgan fingerprint density at radius 3 is 2.27 bits per heavy atom. The number of halogens is 1. The predicted octanol–water partition coefficient (Wildman–Crippen LogP) is 2.58. The maximum atomic E-state index is 13.1. The molecule has 0 heterocycles. The number of rotatable bonds is 10. The summed E-state index contributed by atoms with van der Waals surface area (Å²) in [5.74, 6) is -1.12. The van der Waals surface area contributed by atoms with Crippen molar-refractivity contribution < 1.29 is 23.5 Å². The van der Waals surface area contributed by atoms with Gasteiger partial charge < -0.3 is 15.0 Å². The smallest absolute Gasteiger partial charge is 0.307 e. The van der Waals surface area contributed by atoms with Crippen LogP contribution in [0.1, 0.15) is 51.1 Å². The minimum atomic E-state index is -0.603. The molecule has 6 nitrogen and oxygen atoms in total. The van der Waals surface area contributed by atoms with Crippen molar-refractivity contribution in [1.29, 1.82) is 0 Å². The summed E-state index contributed by atoms with van der Waals surface area (Å²) in [6, 6.07) is 4.98. The van der Waals surface area contributed by atoms with Crippen LogP contribution >= 0.6 is 0 Å². The van der Waals surface area contributed by atoms with Crippen LogP contribution in [0.15, 0.2) is 24.3 Å². The molecule has 0 radical (unpaired) electrons. The number of methoxy groups -OCH3 is 1. The zero-order valence-electron chi connectivity index (χ0n) is 15.6. The molecule has 0 fully saturated rings. The Morgan fingerprint density at radius 1 is 1.12 bits per heavy atom. The second kappa shape index (κ2) is 11.2. The molecule has 1 unspecified atom stereocenters. The van der Waals surface area contributed by atoms with E-state index in [1.54, 1.807) is 4.90 Å². The molecule has 1 aromatic rings. The van der Waals surface area contributed by atoms with Crippen molar-refractivity contribution in [2.75, 3.05) is 20.2 Å². The molecule has 1 N–H and O–H groups in total. The minimum Gasteiger partial charge on any atom is -0.469 e. The van der Waals surface area contributed by atoms with Crippen LogP contribution in [0.3, 0.4) is 0 Å². The van der Waals surface area contributed by atoms with Gasteiger partial charge in [0.15, 0.2) is 0 Å². The number of carbonyl (C=O) groups excluding carboxylic acids is 3. The first kappa shape index (κ1) is 21.6. The molecule has 26 heavy (non-hydrogen) atoms. The monoisotopic (exact) mass is 366 g/mol. The summed E-state index contributed by atoms with van der Waals surface area (Å²) in [7, 11) is 1.27. The molecular weight excluding hydrogens is 339 g/mol. The Morgan fingerprint density at radius 2 is 1.73 bits per heavy atom. The third-order valence-corrected chi connectivity index (χ3v) is 4.12. The largest absolute Gasteiger partial charge is 0.469 e. The first-order valence-corrected chi connectivity index (χ1v) is 8.80. The molecular formula is C19H27FN2O4. The molecule has 7 heteroatoms. The van der Waals surface area contributed by atoms with E-state index in [2.05, 4.69) is 10.1 Å². The van der Waals surface area contributed by atoms with Crippen molar-refractivity contribution in [2.24, 2.45) is 0 Å². The third kappa shape index (κ3) is 7.21. The number of benzene rings is 1. The second-order valence-electron chi connectivity index (χ2n) is 5.87. The van der Waals surface area contributed by atoms with E-state index < -0.39 is 17.8 Å². The third-order valence-electron chi connectivity index (χ3n) is 4.12. The van der Waals surface area contributed by atoms with Crippen LogP contribution in [0, 0.1) is 5.82 Å². The molecule has 0 aliphatic carbocycles. The van der Waals surface area contributed by atoms with Gasteiger partial charge in [0.2, 0.25) is 11.8 Å². The van der Waals surface area contributed by atoms with Gasteiger partial charge in [-0.05, 0) is 38.0 Å². The van der Waals surface area contributed by atoms with Crippen molar-refractivity contribution in [2.45, 2.75) is 45.6 Å². The summed E-state index contributed by atoms with van der Waals surface area (Å²) in [6.07, 6.45) is 0.848. The Kier molecular flexibility index (Phi) is 9.33. The zero-order chi connectivity index (χ0) is 19.5. The summed E-state index contributed by atoms with van der Waals surface area (Å²) < 4.78 is 17.7. The van der Waals surface area contributed by atoms with Gasteiger partial charge in [-0.3, -0.25) is 14.4 Å². The highest BCUT2D eigenvalue weighted by Gasteiger charge is 2.19. The van der Waals surface area contributed by atoms with Crippen molar-refractivity contribution in [1.82, 2.24) is 10.2 Å². The van der Waals surface area contributed by atoms with E-state index in [1.807, 2.05) is 13.8 Å². The number of amides is 2. The molecule has 0 bridgehead atoms. The maximum Gasteiger partial charge on any atom is 0.307 e. The van der Waals surface area contributed by atoms with Gasteiger partial charge in [-0.2, -0.15) is 0 Å². The van der Waals surface area contributed by atoms with Crippen molar-refractivity contribution in [3.63, 3.8) is 0 Å². The molecule has 1 aromatic carbocycles. The first-order chi connectivity index (χ1) is 12.4. The molecule has 0 aliphatic rings. The first-order valence-electron chi connectivity index (χ1n) is 8.80. The van der Waals surface area contributed by atoms with Gasteiger partial charge in [0.05, 0.1) is 19.6 Å². The molecule has 1 atom stereocenters. The van der Waals surface area contributed by atoms with Gasteiger partial charge in [0.25, 0.3) is 0 Å². The Bertz CT molecular complexity index is 600. The topological polar surface area (TPSA) is 75.7 Å². The summed E-state index contributed by atoms with van der Waals surface area (Å²) in [5.41, 5.74) is 0.615. The lowest BCUT2D eigenvalue weighted by atomic mass is 10.0. The van der Waals surface area contributed by atoms with E-state index in [1.165, 1.54) is 31.4 Å². The molecule has 144 valence electrons. The highest BCUT2D eigenvalue weighted by Crippen LogP contribution is 2.18. The summed E-state index contributed by atoms with van der Waals surface area (Å²) >= 11 is 0. The fourth-order valence-corrected chi connectivity index (χ4v) is 2.60. The van der Waals surface area contributed by atoms with Crippen LogP contribution < -0.4 is 5.32 Å². The quantitative estimate of drug-likeness (QED) is 0.646. The lowest BCUT2D eigenvalue weighted by molar-refractivity contribution is -0.141. The van der Waals surface area contributed by atoms with Crippen molar-refractivity contribution in [3.8, 4) is 0 Å². The van der Waals surface area contributed by atoms with Crippen LogP contribution in [0.25, 0.3) is 0 Å². The van der Waals surface area contributed by atoms with Gasteiger partial charge in [0.1, 0.15) is 5.82 Å². The average molecular weight is 366 g/mol. The number of hydrogen-bond acceptors (Lipinski definition) is 4. The summed E-state index contributed by atoms with van der Waals surface area (Å²) in [6.45, 7) is 5.11.